The van der Waals surface area contributed by atoms with Crippen LogP contribution in [-0.4, -0.2) is 21.0 Å². The second-order valence-electron chi connectivity index (χ2n) is 5.13. The lowest BCUT2D eigenvalue weighted by atomic mass is 10.1. The summed E-state index contributed by atoms with van der Waals surface area (Å²) < 4.78 is 22.3. The standard InChI is InChI=1S/C16H19N3O3S/c1-12-4-2-3-5-15(12)19-16(20)18-11-10-13-6-8-14(9-7-13)23(17,21)22/h2-9H,10-11H2,1H3,(H2,17,21,22)(H2,18,19,20). The van der Waals surface area contributed by atoms with Gasteiger partial charge in [-0.05, 0) is 42.7 Å². The number of carbonyl (C=O) groups excluding carboxylic acids is 1. The van der Waals surface area contributed by atoms with Crippen LogP contribution >= 0.6 is 0 Å². The van der Waals surface area contributed by atoms with Gasteiger partial charge in [-0.3, -0.25) is 0 Å². The van der Waals surface area contributed by atoms with E-state index in [1.807, 2.05) is 31.2 Å². The van der Waals surface area contributed by atoms with Crippen LogP contribution in [0, 0.1) is 6.92 Å². The number of primary sulfonamides is 1. The van der Waals surface area contributed by atoms with Crippen LogP contribution in [0.15, 0.2) is 53.4 Å². The molecule has 0 unspecified atom stereocenters. The van der Waals surface area contributed by atoms with Crippen molar-refractivity contribution in [2.75, 3.05) is 11.9 Å². The Kier molecular flexibility index (Phi) is 5.36. The third kappa shape index (κ3) is 5.08. The number of urea groups is 1. The summed E-state index contributed by atoms with van der Waals surface area (Å²) >= 11 is 0. The molecule has 0 aliphatic carbocycles. The van der Waals surface area contributed by atoms with E-state index in [-0.39, 0.29) is 10.9 Å². The van der Waals surface area contributed by atoms with E-state index in [0.29, 0.717) is 13.0 Å². The van der Waals surface area contributed by atoms with Crippen LogP contribution in [0.3, 0.4) is 0 Å². The Balaban J connectivity index is 1.83. The van der Waals surface area contributed by atoms with E-state index in [2.05, 4.69) is 10.6 Å². The topological polar surface area (TPSA) is 101 Å². The van der Waals surface area contributed by atoms with Crippen LogP contribution in [0.25, 0.3) is 0 Å². The Morgan fingerprint density at radius 2 is 1.74 bits per heavy atom. The SMILES string of the molecule is Cc1ccccc1NC(=O)NCCc1ccc(S(N)(=O)=O)cc1. The zero-order valence-corrected chi connectivity index (χ0v) is 13.6. The van der Waals surface area contributed by atoms with Gasteiger partial charge in [0.25, 0.3) is 0 Å². The predicted octanol–water partition coefficient (Wildman–Crippen LogP) is 2.01. The second kappa shape index (κ2) is 7.26. The van der Waals surface area contributed by atoms with Crippen molar-refractivity contribution in [3.63, 3.8) is 0 Å². The molecule has 0 bridgehead atoms. The predicted molar refractivity (Wildman–Crippen MR) is 89.7 cm³/mol. The van der Waals surface area contributed by atoms with E-state index in [0.717, 1.165) is 16.8 Å². The first-order valence-electron chi connectivity index (χ1n) is 7.08. The molecule has 2 aromatic rings. The molecule has 6 nitrogen and oxygen atoms in total. The average Bonchev–Trinajstić information content (AvgIpc) is 2.49. The maximum Gasteiger partial charge on any atom is 0.319 e. The molecule has 4 N–H and O–H groups in total. The lowest BCUT2D eigenvalue weighted by Gasteiger charge is -2.09. The Morgan fingerprint density at radius 1 is 1.09 bits per heavy atom. The van der Waals surface area contributed by atoms with E-state index < -0.39 is 10.0 Å². The summed E-state index contributed by atoms with van der Waals surface area (Å²) in [5, 5.41) is 10.6. The molecule has 0 saturated carbocycles. The number of amides is 2. The first-order chi connectivity index (χ1) is 10.9. The van der Waals surface area contributed by atoms with Gasteiger partial charge < -0.3 is 10.6 Å². The monoisotopic (exact) mass is 333 g/mol. The number of rotatable bonds is 5. The molecule has 122 valence electrons. The van der Waals surface area contributed by atoms with Crippen LogP contribution in [0.2, 0.25) is 0 Å². The maximum absolute atomic E-state index is 11.8. The summed E-state index contributed by atoms with van der Waals surface area (Å²) in [6.45, 7) is 2.36. The van der Waals surface area contributed by atoms with Gasteiger partial charge in [0.2, 0.25) is 10.0 Å². The first kappa shape index (κ1) is 17.0. The number of hydrogen-bond acceptors (Lipinski definition) is 3. The van der Waals surface area contributed by atoms with Crippen molar-refractivity contribution in [3.8, 4) is 0 Å². The molecule has 0 aliphatic heterocycles. The first-order valence-corrected chi connectivity index (χ1v) is 8.63. The number of nitrogens with one attached hydrogen (secondary N) is 2. The van der Waals surface area contributed by atoms with Gasteiger partial charge in [-0.15, -0.1) is 0 Å². The molecule has 0 aromatic heterocycles. The molecule has 0 saturated heterocycles. The Labute approximate surface area is 135 Å². The van der Waals surface area contributed by atoms with Crippen LogP contribution in [0.4, 0.5) is 10.5 Å². The molecule has 0 aliphatic rings. The van der Waals surface area contributed by atoms with Crippen molar-refractivity contribution in [1.29, 1.82) is 0 Å². The Hall–Kier alpha value is -2.38. The number of aryl methyl sites for hydroxylation is 1. The molecule has 0 spiro atoms. The van der Waals surface area contributed by atoms with Crippen molar-refractivity contribution in [2.24, 2.45) is 5.14 Å². The largest absolute Gasteiger partial charge is 0.338 e. The summed E-state index contributed by atoms with van der Waals surface area (Å²) in [6, 6.07) is 13.5. The minimum atomic E-state index is -3.67. The van der Waals surface area contributed by atoms with E-state index in [4.69, 9.17) is 5.14 Å². The van der Waals surface area contributed by atoms with Gasteiger partial charge in [-0.25, -0.2) is 18.4 Å². The lowest BCUT2D eigenvalue weighted by Crippen LogP contribution is -2.30. The van der Waals surface area contributed by atoms with Gasteiger partial charge in [-0.2, -0.15) is 0 Å². The van der Waals surface area contributed by atoms with Gasteiger partial charge in [0.1, 0.15) is 0 Å². The van der Waals surface area contributed by atoms with E-state index in [1.54, 1.807) is 12.1 Å². The minimum absolute atomic E-state index is 0.0755. The van der Waals surface area contributed by atoms with E-state index in [1.165, 1.54) is 12.1 Å². The molecule has 0 heterocycles. The molecule has 2 amide bonds. The van der Waals surface area contributed by atoms with Crippen molar-refractivity contribution in [3.05, 3.63) is 59.7 Å². The zero-order valence-electron chi connectivity index (χ0n) is 12.7. The van der Waals surface area contributed by atoms with Gasteiger partial charge in [-0.1, -0.05) is 30.3 Å². The number of sulfonamides is 1. The molecule has 2 aromatic carbocycles. The van der Waals surface area contributed by atoms with Gasteiger partial charge in [0.05, 0.1) is 4.90 Å². The fourth-order valence-corrected chi connectivity index (χ4v) is 2.56. The van der Waals surface area contributed by atoms with Crippen molar-refractivity contribution in [2.45, 2.75) is 18.2 Å². The normalized spacial score (nSPS) is 11.0. The summed E-state index contributed by atoms with van der Waals surface area (Å²) in [6.07, 6.45) is 0.589. The summed E-state index contributed by atoms with van der Waals surface area (Å²) in [7, 11) is -3.67. The number of hydrogen-bond donors (Lipinski definition) is 3. The number of carbonyl (C=O) groups is 1. The van der Waals surface area contributed by atoms with Crippen LogP contribution in [0.5, 0.6) is 0 Å². The van der Waals surface area contributed by atoms with Gasteiger partial charge in [0, 0.05) is 12.2 Å². The number of anilines is 1. The van der Waals surface area contributed by atoms with Crippen LogP contribution in [-0.2, 0) is 16.4 Å². The quantitative estimate of drug-likeness (QED) is 0.780. The van der Waals surface area contributed by atoms with Crippen molar-refractivity contribution >= 4 is 21.7 Å². The van der Waals surface area contributed by atoms with Crippen molar-refractivity contribution in [1.82, 2.24) is 5.32 Å². The van der Waals surface area contributed by atoms with Gasteiger partial charge >= 0.3 is 6.03 Å². The molecule has 7 heteroatoms. The fraction of sp³-hybridized carbons (Fsp3) is 0.188. The fourth-order valence-electron chi connectivity index (χ4n) is 2.05. The Bertz CT molecular complexity index is 786. The molecular weight excluding hydrogens is 314 g/mol. The lowest BCUT2D eigenvalue weighted by molar-refractivity contribution is 0.252. The summed E-state index contributed by atoms with van der Waals surface area (Å²) in [5.41, 5.74) is 2.66. The van der Waals surface area contributed by atoms with Crippen LogP contribution < -0.4 is 15.8 Å². The number of benzene rings is 2. The molecule has 0 fully saturated rings. The van der Waals surface area contributed by atoms with Gasteiger partial charge in [0.15, 0.2) is 0 Å². The highest BCUT2D eigenvalue weighted by molar-refractivity contribution is 7.89. The van der Waals surface area contributed by atoms with E-state index in [9.17, 15) is 13.2 Å². The summed E-state index contributed by atoms with van der Waals surface area (Å²) in [4.78, 5) is 11.9. The Morgan fingerprint density at radius 3 is 2.35 bits per heavy atom. The third-order valence-electron chi connectivity index (χ3n) is 3.34. The van der Waals surface area contributed by atoms with Crippen molar-refractivity contribution < 1.29 is 13.2 Å². The average molecular weight is 333 g/mol. The maximum atomic E-state index is 11.8. The van der Waals surface area contributed by atoms with E-state index >= 15 is 0 Å². The molecule has 0 atom stereocenters. The zero-order chi connectivity index (χ0) is 16.9. The second-order valence-corrected chi connectivity index (χ2v) is 6.70. The molecule has 0 radical (unpaired) electrons. The summed E-state index contributed by atoms with van der Waals surface area (Å²) in [5.74, 6) is 0. The number of para-hydroxylation sites is 1. The minimum Gasteiger partial charge on any atom is -0.338 e. The highest BCUT2D eigenvalue weighted by Crippen LogP contribution is 2.12. The van der Waals surface area contributed by atoms with Crippen LogP contribution in [0.1, 0.15) is 11.1 Å². The highest BCUT2D eigenvalue weighted by atomic mass is 32.2. The third-order valence-corrected chi connectivity index (χ3v) is 4.27. The molecule has 23 heavy (non-hydrogen) atoms. The number of nitrogens with two attached hydrogens (primary N) is 1. The molecular formula is C16H19N3O3S. The highest BCUT2D eigenvalue weighted by Gasteiger charge is 2.07. The smallest absolute Gasteiger partial charge is 0.319 e. The molecule has 2 rings (SSSR count).